The molecule has 90 valence electrons. The van der Waals surface area contributed by atoms with Crippen molar-refractivity contribution < 1.29 is 5.11 Å². The van der Waals surface area contributed by atoms with Gasteiger partial charge in [-0.05, 0) is 12.8 Å². The molecule has 0 aromatic heterocycles. The van der Waals surface area contributed by atoms with Crippen LogP contribution in [0.4, 0.5) is 0 Å². The Morgan fingerprint density at radius 2 is 1.87 bits per heavy atom. The Hall–Kier alpha value is -0.770. The summed E-state index contributed by atoms with van der Waals surface area (Å²) < 4.78 is 0. The van der Waals surface area contributed by atoms with Crippen molar-refractivity contribution in [1.29, 1.82) is 0 Å². The number of nitrogens with one attached hydrogen (secondary N) is 2. The summed E-state index contributed by atoms with van der Waals surface area (Å²) in [5, 5.41) is 14.9. The zero-order valence-corrected chi connectivity index (χ0v) is 10.2. The van der Waals surface area contributed by atoms with E-state index in [9.17, 15) is 0 Å². The second kappa shape index (κ2) is 9.77. The molecule has 0 radical (unpaired) electrons. The molecule has 0 amide bonds. The molecule has 3 N–H and O–H groups in total. The van der Waals surface area contributed by atoms with Crippen LogP contribution < -0.4 is 10.6 Å². The molecule has 0 saturated heterocycles. The van der Waals surface area contributed by atoms with Crippen molar-refractivity contribution >= 4 is 5.96 Å². The molecule has 0 fully saturated rings. The fourth-order valence-corrected chi connectivity index (χ4v) is 1.28. The Kier molecular flexibility index (Phi) is 9.27. The molecule has 4 nitrogen and oxygen atoms in total. The van der Waals surface area contributed by atoms with Crippen LogP contribution in [0.25, 0.3) is 0 Å². The summed E-state index contributed by atoms with van der Waals surface area (Å²) in [5.74, 6) is 1.47. The second-order valence-electron chi connectivity index (χ2n) is 3.55. The maximum atomic E-state index is 8.71. The van der Waals surface area contributed by atoms with E-state index in [0.29, 0.717) is 12.5 Å². The number of nitrogens with zero attached hydrogens (tertiary/aromatic N) is 1. The smallest absolute Gasteiger partial charge is 0.191 e. The van der Waals surface area contributed by atoms with Gasteiger partial charge in [0.05, 0.1) is 6.61 Å². The van der Waals surface area contributed by atoms with Crippen molar-refractivity contribution in [3.8, 4) is 0 Å². The van der Waals surface area contributed by atoms with Crippen molar-refractivity contribution in [2.24, 2.45) is 10.9 Å². The minimum atomic E-state index is 0.134. The maximum absolute atomic E-state index is 8.71. The largest absolute Gasteiger partial charge is 0.395 e. The molecular formula is C11H25N3O. The zero-order valence-electron chi connectivity index (χ0n) is 10.2. The van der Waals surface area contributed by atoms with Crippen LogP contribution in [0.2, 0.25) is 0 Å². The number of aliphatic hydroxyl groups is 1. The molecule has 0 aliphatic rings. The van der Waals surface area contributed by atoms with Gasteiger partial charge in [0, 0.05) is 19.6 Å². The second-order valence-corrected chi connectivity index (χ2v) is 3.55. The number of aliphatic hydroxyl groups excluding tert-OH is 1. The number of hydrogen-bond donors (Lipinski definition) is 3. The lowest BCUT2D eigenvalue weighted by Gasteiger charge is -2.13. The van der Waals surface area contributed by atoms with Gasteiger partial charge in [0.25, 0.3) is 0 Å². The van der Waals surface area contributed by atoms with Gasteiger partial charge in [0.2, 0.25) is 0 Å². The van der Waals surface area contributed by atoms with Gasteiger partial charge in [-0.25, -0.2) is 0 Å². The summed E-state index contributed by atoms with van der Waals surface area (Å²) in [5.41, 5.74) is 0. The Morgan fingerprint density at radius 1 is 1.20 bits per heavy atom. The predicted molar refractivity (Wildman–Crippen MR) is 65.1 cm³/mol. The van der Waals surface area contributed by atoms with E-state index >= 15 is 0 Å². The molecule has 0 atom stereocenters. The summed E-state index contributed by atoms with van der Waals surface area (Å²) in [6, 6.07) is 0. The molecule has 0 bridgehead atoms. The quantitative estimate of drug-likeness (QED) is 0.438. The molecule has 0 saturated carbocycles. The lowest BCUT2D eigenvalue weighted by atomic mass is 10.0. The lowest BCUT2D eigenvalue weighted by molar-refractivity contribution is 0.300. The number of guanidine groups is 1. The minimum absolute atomic E-state index is 0.134. The molecule has 0 unspecified atom stereocenters. The normalized spacial score (nSPS) is 11.9. The van der Waals surface area contributed by atoms with Crippen LogP contribution in [0, 0.1) is 5.92 Å². The van der Waals surface area contributed by atoms with Crippen LogP contribution in [0.3, 0.4) is 0 Å². The molecule has 15 heavy (non-hydrogen) atoms. The van der Waals surface area contributed by atoms with Gasteiger partial charge < -0.3 is 15.7 Å². The van der Waals surface area contributed by atoms with Gasteiger partial charge in [-0.1, -0.05) is 26.7 Å². The third-order valence-electron chi connectivity index (χ3n) is 2.41. The zero-order chi connectivity index (χ0) is 11.5. The van der Waals surface area contributed by atoms with Crippen LogP contribution in [-0.2, 0) is 0 Å². The molecule has 0 rings (SSSR count). The first-order chi connectivity index (χ1) is 7.28. The van der Waals surface area contributed by atoms with Gasteiger partial charge in [0.1, 0.15) is 0 Å². The highest BCUT2D eigenvalue weighted by Crippen LogP contribution is 2.06. The average Bonchev–Trinajstić information content (AvgIpc) is 2.27. The van der Waals surface area contributed by atoms with E-state index in [2.05, 4.69) is 29.5 Å². The first kappa shape index (κ1) is 14.2. The summed E-state index contributed by atoms with van der Waals surface area (Å²) in [7, 11) is 0. The van der Waals surface area contributed by atoms with E-state index in [4.69, 9.17) is 5.11 Å². The van der Waals surface area contributed by atoms with E-state index in [1.165, 1.54) is 12.8 Å². The fourth-order valence-electron chi connectivity index (χ4n) is 1.28. The van der Waals surface area contributed by atoms with Crippen molar-refractivity contribution in [2.75, 3.05) is 26.2 Å². The fraction of sp³-hybridized carbons (Fsp3) is 0.909. The van der Waals surface area contributed by atoms with Crippen molar-refractivity contribution in [3.63, 3.8) is 0 Å². The molecule has 0 aliphatic heterocycles. The van der Waals surface area contributed by atoms with Crippen LogP contribution in [0.5, 0.6) is 0 Å². The Bertz CT molecular complexity index is 167. The van der Waals surface area contributed by atoms with Crippen LogP contribution in [0.1, 0.15) is 33.6 Å². The molecular weight excluding hydrogens is 190 g/mol. The van der Waals surface area contributed by atoms with Crippen molar-refractivity contribution in [1.82, 2.24) is 10.6 Å². The Labute approximate surface area is 93.2 Å². The number of aliphatic imine (C=N–C) groups is 1. The highest BCUT2D eigenvalue weighted by atomic mass is 16.3. The summed E-state index contributed by atoms with van der Waals surface area (Å²) in [6.07, 6.45) is 2.33. The number of hydrogen-bond acceptors (Lipinski definition) is 2. The van der Waals surface area contributed by atoms with E-state index in [1.807, 2.05) is 6.92 Å². The predicted octanol–water partition coefficient (Wildman–Crippen LogP) is 0.970. The van der Waals surface area contributed by atoms with Crippen molar-refractivity contribution in [2.45, 2.75) is 33.6 Å². The van der Waals surface area contributed by atoms with Gasteiger partial charge in [-0.15, -0.1) is 0 Å². The minimum Gasteiger partial charge on any atom is -0.395 e. The highest BCUT2D eigenvalue weighted by Gasteiger charge is 2.02. The molecule has 0 aromatic rings. The third-order valence-corrected chi connectivity index (χ3v) is 2.41. The van der Waals surface area contributed by atoms with E-state index in [0.717, 1.165) is 19.0 Å². The average molecular weight is 215 g/mol. The van der Waals surface area contributed by atoms with E-state index in [1.54, 1.807) is 0 Å². The van der Waals surface area contributed by atoms with Crippen LogP contribution in [0.15, 0.2) is 4.99 Å². The number of rotatable bonds is 7. The summed E-state index contributed by atoms with van der Waals surface area (Å²) in [4.78, 5) is 4.48. The molecule has 4 heteroatoms. The molecule has 0 aliphatic carbocycles. The molecule has 0 aromatic carbocycles. The lowest BCUT2D eigenvalue weighted by Crippen LogP contribution is -2.39. The third kappa shape index (κ3) is 7.19. The van der Waals surface area contributed by atoms with Gasteiger partial charge in [0.15, 0.2) is 5.96 Å². The van der Waals surface area contributed by atoms with Crippen LogP contribution >= 0.6 is 0 Å². The van der Waals surface area contributed by atoms with Crippen molar-refractivity contribution in [3.05, 3.63) is 0 Å². The topological polar surface area (TPSA) is 56.7 Å². The first-order valence-corrected chi connectivity index (χ1v) is 5.91. The summed E-state index contributed by atoms with van der Waals surface area (Å²) >= 11 is 0. The van der Waals surface area contributed by atoms with Gasteiger partial charge in [-0.2, -0.15) is 0 Å². The highest BCUT2D eigenvalue weighted by molar-refractivity contribution is 5.79. The standard InChI is InChI=1S/C11H25N3O/c1-4-10(5-2)9-14-11(12-6-3)13-7-8-15/h10,15H,4-9H2,1-3H3,(H2,12,13,14). The summed E-state index contributed by atoms with van der Waals surface area (Å²) in [6.45, 7) is 8.81. The Morgan fingerprint density at radius 3 is 2.33 bits per heavy atom. The van der Waals surface area contributed by atoms with Gasteiger partial charge >= 0.3 is 0 Å². The SMILES string of the molecule is CCNC(=NCC(CC)CC)NCCO. The van der Waals surface area contributed by atoms with Crippen LogP contribution in [-0.4, -0.2) is 37.3 Å². The first-order valence-electron chi connectivity index (χ1n) is 5.91. The molecule has 0 heterocycles. The van der Waals surface area contributed by atoms with E-state index in [-0.39, 0.29) is 6.61 Å². The Balaban J connectivity index is 4.01. The monoisotopic (exact) mass is 215 g/mol. The maximum Gasteiger partial charge on any atom is 0.191 e. The van der Waals surface area contributed by atoms with E-state index < -0.39 is 0 Å². The molecule has 0 spiro atoms. The van der Waals surface area contributed by atoms with Gasteiger partial charge in [-0.3, -0.25) is 4.99 Å².